The Morgan fingerprint density at radius 1 is 1.15 bits per heavy atom. The summed E-state index contributed by atoms with van der Waals surface area (Å²) in [6, 6.07) is 7.77. The van der Waals surface area contributed by atoms with Gasteiger partial charge in [-0.3, -0.25) is 14.9 Å². The van der Waals surface area contributed by atoms with Gasteiger partial charge in [0, 0.05) is 37.0 Å². The van der Waals surface area contributed by atoms with Gasteiger partial charge in [0.1, 0.15) is 0 Å². The van der Waals surface area contributed by atoms with Crippen LogP contribution in [0.15, 0.2) is 41.3 Å². The Bertz CT molecular complexity index is 992. The first-order valence-electron chi connectivity index (χ1n) is 7.18. The Hall–Kier alpha value is -2.16. The second-order valence-electron chi connectivity index (χ2n) is 5.61. The average molecular weight is 417 g/mol. The molecule has 0 heterocycles. The topological polar surface area (TPSA) is 97.6 Å². The first-order chi connectivity index (χ1) is 12.0. The first kappa shape index (κ1) is 20.2. The quantitative estimate of drug-likeness (QED) is 0.547. The molecule has 0 bridgehead atoms. The van der Waals surface area contributed by atoms with E-state index in [0.717, 1.165) is 6.26 Å². The van der Waals surface area contributed by atoms with Crippen molar-refractivity contribution in [2.24, 2.45) is 0 Å². The van der Waals surface area contributed by atoms with Crippen LogP contribution < -0.4 is 0 Å². The first-order valence-corrected chi connectivity index (χ1v) is 9.83. The molecule has 0 fully saturated rings. The fraction of sp³-hybridized carbons (Fsp3) is 0.188. The molecule has 0 aliphatic heterocycles. The Morgan fingerprint density at radius 2 is 1.77 bits per heavy atom. The van der Waals surface area contributed by atoms with E-state index in [4.69, 9.17) is 23.2 Å². The molecule has 0 saturated carbocycles. The third-order valence-electron chi connectivity index (χ3n) is 3.59. The molecule has 7 nitrogen and oxygen atoms in total. The summed E-state index contributed by atoms with van der Waals surface area (Å²) in [5, 5.41) is 11.3. The maximum absolute atomic E-state index is 12.6. The van der Waals surface area contributed by atoms with E-state index in [9.17, 15) is 23.3 Å². The number of nitro benzene ring substituents is 1. The lowest BCUT2D eigenvalue weighted by atomic mass is 10.1. The lowest BCUT2D eigenvalue weighted by Gasteiger charge is -2.19. The number of rotatable bonds is 5. The number of carbonyl (C=O) groups is 1. The van der Waals surface area contributed by atoms with Crippen molar-refractivity contribution in [2.75, 3.05) is 13.3 Å². The summed E-state index contributed by atoms with van der Waals surface area (Å²) < 4.78 is 23.4. The van der Waals surface area contributed by atoms with Crippen LogP contribution in [0.25, 0.3) is 0 Å². The molecule has 138 valence electrons. The van der Waals surface area contributed by atoms with Crippen LogP contribution in [0, 0.1) is 10.1 Å². The number of hydrogen-bond donors (Lipinski definition) is 0. The van der Waals surface area contributed by atoms with Crippen molar-refractivity contribution in [1.29, 1.82) is 0 Å². The maximum Gasteiger partial charge on any atom is 0.269 e. The van der Waals surface area contributed by atoms with E-state index in [1.807, 2.05) is 0 Å². The van der Waals surface area contributed by atoms with E-state index in [-0.39, 0.29) is 32.7 Å². The van der Waals surface area contributed by atoms with E-state index < -0.39 is 20.7 Å². The maximum atomic E-state index is 12.6. The number of hydrogen-bond acceptors (Lipinski definition) is 5. The minimum absolute atomic E-state index is 0.0126. The fourth-order valence-electron chi connectivity index (χ4n) is 2.23. The van der Waals surface area contributed by atoms with Crippen LogP contribution in [0.3, 0.4) is 0 Å². The van der Waals surface area contributed by atoms with E-state index in [1.165, 1.54) is 48.3 Å². The molecular formula is C16H14Cl2N2O5S. The van der Waals surface area contributed by atoms with Gasteiger partial charge in [0.25, 0.3) is 11.6 Å². The highest BCUT2D eigenvalue weighted by atomic mass is 35.5. The van der Waals surface area contributed by atoms with Crippen LogP contribution in [-0.4, -0.2) is 37.5 Å². The zero-order valence-corrected chi connectivity index (χ0v) is 16.1. The molecule has 0 aromatic heterocycles. The zero-order valence-electron chi connectivity index (χ0n) is 13.8. The van der Waals surface area contributed by atoms with Gasteiger partial charge in [-0.15, -0.1) is 0 Å². The SMILES string of the molecule is CN(Cc1cc([N+](=O)[O-])ccc1Cl)C(=O)c1cc(S(C)(=O)=O)ccc1Cl. The lowest BCUT2D eigenvalue weighted by Crippen LogP contribution is -2.27. The molecule has 1 amide bonds. The normalized spacial score (nSPS) is 11.2. The monoisotopic (exact) mass is 416 g/mol. The van der Waals surface area contributed by atoms with Crippen molar-refractivity contribution >= 4 is 44.6 Å². The molecule has 10 heteroatoms. The summed E-state index contributed by atoms with van der Waals surface area (Å²) in [5.41, 5.74) is 0.244. The van der Waals surface area contributed by atoms with Gasteiger partial charge in [0.05, 0.1) is 20.4 Å². The third kappa shape index (κ3) is 4.51. The van der Waals surface area contributed by atoms with Gasteiger partial charge in [-0.25, -0.2) is 8.42 Å². The smallest absolute Gasteiger partial charge is 0.269 e. The van der Waals surface area contributed by atoms with Gasteiger partial charge in [0.15, 0.2) is 9.84 Å². The molecule has 2 aromatic rings. The summed E-state index contributed by atoms with van der Waals surface area (Å²) in [7, 11) is -2.05. The summed E-state index contributed by atoms with van der Waals surface area (Å²) >= 11 is 12.1. The van der Waals surface area contributed by atoms with Crippen molar-refractivity contribution < 1.29 is 18.1 Å². The molecule has 0 aliphatic carbocycles. The van der Waals surface area contributed by atoms with Crippen molar-refractivity contribution in [3.63, 3.8) is 0 Å². The number of halogens is 2. The van der Waals surface area contributed by atoms with Crippen molar-refractivity contribution in [3.05, 3.63) is 67.7 Å². The summed E-state index contributed by atoms with van der Waals surface area (Å²) in [6.07, 6.45) is 1.02. The zero-order chi connectivity index (χ0) is 19.6. The molecule has 0 N–H and O–H groups in total. The summed E-state index contributed by atoms with van der Waals surface area (Å²) in [4.78, 5) is 24.2. The van der Waals surface area contributed by atoms with Crippen LogP contribution in [0.4, 0.5) is 5.69 Å². The van der Waals surface area contributed by atoms with E-state index >= 15 is 0 Å². The van der Waals surface area contributed by atoms with Gasteiger partial charge in [-0.1, -0.05) is 23.2 Å². The molecule has 0 atom stereocenters. The predicted molar refractivity (Wildman–Crippen MR) is 98.5 cm³/mol. The fourth-order valence-corrected chi connectivity index (χ4v) is 3.25. The second-order valence-corrected chi connectivity index (χ2v) is 8.44. The van der Waals surface area contributed by atoms with Gasteiger partial charge in [-0.2, -0.15) is 0 Å². The van der Waals surface area contributed by atoms with Gasteiger partial charge in [0.2, 0.25) is 0 Å². The molecular weight excluding hydrogens is 403 g/mol. The number of carbonyl (C=O) groups excluding carboxylic acids is 1. The molecule has 0 unspecified atom stereocenters. The number of sulfone groups is 1. The number of nitro groups is 1. The highest BCUT2D eigenvalue weighted by Gasteiger charge is 2.20. The van der Waals surface area contributed by atoms with Crippen molar-refractivity contribution in [1.82, 2.24) is 4.90 Å². The molecule has 0 aliphatic rings. The van der Waals surface area contributed by atoms with E-state index in [0.29, 0.717) is 5.56 Å². The minimum Gasteiger partial charge on any atom is -0.337 e. The summed E-state index contributed by atoms with van der Waals surface area (Å²) in [5.74, 6) is -0.539. The highest BCUT2D eigenvalue weighted by Crippen LogP contribution is 2.25. The van der Waals surface area contributed by atoms with Gasteiger partial charge in [-0.05, 0) is 29.8 Å². The Kier molecular flexibility index (Phi) is 5.90. The minimum atomic E-state index is -3.51. The number of benzene rings is 2. The summed E-state index contributed by atoms with van der Waals surface area (Å²) in [6.45, 7) is -0.0151. The number of nitrogens with zero attached hydrogens (tertiary/aromatic N) is 2. The van der Waals surface area contributed by atoms with Crippen LogP contribution in [-0.2, 0) is 16.4 Å². The molecule has 0 radical (unpaired) electrons. The van der Waals surface area contributed by atoms with Gasteiger partial charge < -0.3 is 4.90 Å². The molecule has 2 rings (SSSR count). The van der Waals surface area contributed by atoms with Crippen LogP contribution in [0.2, 0.25) is 10.0 Å². The third-order valence-corrected chi connectivity index (χ3v) is 5.40. The molecule has 26 heavy (non-hydrogen) atoms. The van der Waals surface area contributed by atoms with Crippen LogP contribution >= 0.6 is 23.2 Å². The standard InChI is InChI=1S/C16H14Cl2N2O5S/c1-19(9-10-7-11(20(22)23)3-5-14(10)17)16(21)13-8-12(26(2,24)25)4-6-15(13)18/h3-8H,9H2,1-2H3. The number of non-ortho nitro benzene ring substituents is 1. The van der Waals surface area contributed by atoms with Crippen LogP contribution in [0.5, 0.6) is 0 Å². The van der Waals surface area contributed by atoms with E-state index in [1.54, 1.807) is 0 Å². The number of amides is 1. The average Bonchev–Trinajstić information content (AvgIpc) is 2.55. The van der Waals surface area contributed by atoms with Gasteiger partial charge >= 0.3 is 0 Å². The second kappa shape index (κ2) is 7.61. The predicted octanol–water partition coefficient (Wildman–Crippen LogP) is 3.58. The molecule has 0 spiro atoms. The van der Waals surface area contributed by atoms with Crippen molar-refractivity contribution in [2.45, 2.75) is 11.4 Å². The Balaban J connectivity index is 2.34. The van der Waals surface area contributed by atoms with Crippen molar-refractivity contribution in [3.8, 4) is 0 Å². The van der Waals surface area contributed by atoms with E-state index in [2.05, 4.69) is 0 Å². The molecule has 2 aromatic carbocycles. The Labute approximate surface area is 160 Å². The highest BCUT2D eigenvalue weighted by molar-refractivity contribution is 7.90. The molecule has 0 saturated heterocycles. The Morgan fingerprint density at radius 3 is 2.35 bits per heavy atom. The largest absolute Gasteiger partial charge is 0.337 e. The van der Waals surface area contributed by atoms with Crippen LogP contribution in [0.1, 0.15) is 15.9 Å². The lowest BCUT2D eigenvalue weighted by molar-refractivity contribution is -0.384.